The van der Waals surface area contributed by atoms with E-state index in [1.165, 1.54) is 4.68 Å². The van der Waals surface area contributed by atoms with Crippen LogP contribution in [0.3, 0.4) is 0 Å². The van der Waals surface area contributed by atoms with Gasteiger partial charge < -0.3 is 25.6 Å². The number of morpholine rings is 1. The number of hydrogen-bond acceptors (Lipinski definition) is 8. The molecule has 1 unspecified atom stereocenters. The molecule has 2 amide bonds. The molecule has 1 atom stereocenters. The minimum Gasteiger partial charge on any atom is -0.378 e. The summed E-state index contributed by atoms with van der Waals surface area (Å²) in [6.45, 7) is 3.30. The van der Waals surface area contributed by atoms with Gasteiger partial charge >= 0.3 is 0 Å². The number of hydrogen-bond donors (Lipinski definition) is 3. The highest BCUT2D eigenvalue weighted by Gasteiger charge is 2.29. The van der Waals surface area contributed by atoms with Gasteiger partial charge in [-0.05, 0) is 25.0 Å². The minimum absolute atomic E-state index is 0.0481. The second-order valence-corrected chi connectivity index (χ2v) is 8.57. The molecular weight excluding hydrogens is 424 g/mol. The van der Waals surface area contributed by atoms with Crippen molar-refractivity contribution in [1.82, 2.24) is 25.0 Å². The van der Waals surface area contributed by atoms with Gasteiger partial charge in [-0.2, -0.15) is 5.10 Å². The van der Waals surface area contributed by atoms with Gasteiger partial charge in [-0.3, -0.25) is 19.3 Å². The normalized spacial score (nSPS) is 20.3. The summed E-state index contributed by atoms with van der Waals surface area (Å²) in [5.41, 5.74) is 2.45. The van der Waals surface area contributed by atoms with E-state index in [9.17, 15) is 9.59 Å². The lowest BCUT2D eigenvalue weighted by Crippen LogP contribution is -2.41. The van der Waals surface area contributed by atoms with Crippen molar-refractivity contribution in [2.45, 2.75) is 24.8 Å². The van der Waals surface area contributed by atoms with Crippen LogP contribution in [-0.2, 0) is 11.8 Å². The first-order valence-electron chi connectivity index (χ1n) is 11.3. The third kappa shape index (κ3) is 4.82. The number of nitrogens with zero attached hydrogens (tertiary/aromatic N) is 5. The highest BCUT2D eigenvalue weighted by Crippen LogP contribution is 2.39. The molecule has 3 aliphatic rings. The predicted molar refractivity (Wildman–Crippen MR) is 123 cm³/mol. The van der Waals surface area contributed by atoms with Crippen molar-refractivity contribution in [2.75, 3.05) is 50.0 Å². The summed E-state index contributed by atoms with van der Waals surface area (Å²) >= 11 is 0. The van der Waals surface area contributed by atoms with Gasteiger partial charge in [-0.25, -0.2) is 4.98 Å². The summed E-state index contributed by atoms with van der Waals surface area (Å²) in [5, 5.41) is 13.7. The average molecular weight is 453 g/mol. The van der Waals surface area contributed by atoms with Gasteiger partial charge in [0, 0.05) is 44.5 Å². The van der Waals surface area contributed by atoms with E-state index in [2.05, 4.69) is 26.0 Å². The molecule has 2 aliphatic heterocycles. The van der Waals surface area contributed by atoms with E-state index in [1.807, 2.05) is 12.1 Å². The first-order chi connectivity index (χ1) is 16.1. The molecule has 2 fully saturated rings. The van der Waals surface area contributed by atoms with Gasteiger partial charge in [0.05, 0.1) is 43.5 Å². The van der Waals surface area contributed by atoms with Crippen LogP contribution in [0.15, 0.2) is 23.3 Å². The summed E-state index contributed by atoms with van der Waals surface area (Å²) in [7, 11) is 1.72. The van der Waals surface area contributed by atoms with Crippen LogP contribution in [0.2, 0.25) is 0 Å². The molecule has 2 aromatic heterocycles. The van der Waals surface area contributed by atoms with E-state index in [0.717, 1.165) is 18.5 Å². The fourth-order valence-corrected chi connectivity index (χ4v) is 4.03. The summed E-state index contributed by atoms with van der Waals surface area (Å²) in [6, 6.07) is 3.94. The van der Waals surface area contributed by atoms with Crippen molar-refractivity contribution in [2.24, 2.45) is 12.0 Å². The molecule has 1 saturated heterocycles. The maximum atomic E-state index is 13.4. The van der Waals surface area contributed by atoms with Gasteiger partial charge in [-0.1, -0.05) is 0 Å². The number of aromatic nitrogens is 3. The number of rotatable bonds is 6. The molecular formula is C22H28N8O3. The maximum absolute atomic E-state index is 13.4. The van der Waals surface area contributed by atoms with Crippen molar-refractivity contribution in [1.29, 1.82) is 0 Å². The number of aryl methyl sites for hydroxylation is 1. The Labute approximate surface area is 191 Å². The number of anilines is 2. The van der Waals surface area contributed by atoms with Gasteiger partial charge in [0.25, 0.3) is 11.8 Å². The molecule has 0 aromatic carbocycles. The first kappa shape index (κ1) is 21.4. The predicted octanol–water partition coefficient (Wildman–Crippen LogP) is 0.829. The first-order valence-corrected chi connectivity index (χ1v) is 11.3. The Morgan fingerprint density at radius 3 is 2.70 bits per heavy atom. The Bertz CT molecular complexity index is 1070. The number of aliphatic imine (C=N–C) groups is 1. The second kappa shape index (κ2) is 9.18. The number of carbonyl (C=O) groups excluding carboxylic acids is 2. The van der Waals surface area contributed by atoms with Gasteiger partial charge in [0.15, 0.2) is 11.4 Å². The zero-order valence-electron chi connectivity index (χ0n) is 18.6. The molecule has 174 valence electrons. The number of nitrogens with one attached hydrogen (secondary N) is 3. The minimum atomic E-state index is -0.378. The lowest BCUT2D eigenvalue weighted by atomic mass is 10.1. The van der Waals surface area contributed by atoms with Crippen LogP contribution in [0.1, 0.15) is 45.4 Å². The van der Waals surface area contributed by atoms with Crippen LogP contribution >= 0.6 is 0 Å². The van der Waals surface area contributed by atoms with Gasteiger partial charge in [0.1, 0.15) is 0 Å². The lowest BCUT2D eigenvalue weighted by Gasteiger charge is -2.26. The molecule has 0 spiro atoms. The molecule has 2 aromatic rings. The van der Waals surface area contributed by atoms with Crippen molar-refractivity contribution < 1.29 is 14.3 Å². The molecule has 1 saturated carbocycles. The van der Waals surface area contributed by atoms with Crippen LogP contribution < -0.4 is 16.0 Å². The molecule has 3 N–H and O–H groups in total. The monoisotopic (exact) mass is 452 g/mol. The highest BCUT2D eigenvalue weighted by atomic mass is 16.5. The fraction of sp³-hybridized carbons (Fsp3) is 0.500. The molecule has 4 heterocycles. The van der Waals surface area contributed by atoms with E-state index >= 15 is 0 Å². The molecule has 1 aliphatic carbocycles. The van der Waals surface area contributed by atoms with E-state index in [4.69, 9.17) is 9.72 Å². The topological polar surface area (TPSA) is 126 Å². The van der Waals surface area contributed by atoms with Crippen molar-refractivity contribution in [3.8, 4) is 0 Å². The maximum Gasteiger partial charge on any atom is 0.276 e. The number of pyridine rings is 1. The van der Waals surface area contributed by atoms with Gasteiger partial charge in [-0.15, -0.1) is 0 Å². The third-order valence-corrected chi connectivity index (χ3v) is 5.94. The van der Waals surface area contributed by atoms with Crippen LogP contribution in [0.25, 0.3) is 0 Å². The fourth-order valence-electron chi connectivity index (χ4n) is 4.03. The molecule has 5 rings (SSSR count). The number of carbonyl (C=O) groups is 2. The van der Waals surface area contributed by atoms with E-state index < -0.39 is 0 Å². The summed E-state index contributed by atoms with van der Waals surface area (Å²) in [6.07, 6.45) is 5.50. The Kier molecular flexibility index (Phi) is 5.95. The molecule has 11 heteroatoms. The largest absolute Gasteiger partial charge is 0.378 e. The van der Waals surface area contributed by atoms with E-state index in [-0.39, 0.29) is 23.6 Å². The quantitative estimate of drug-likeness (QED) is 0.593. The average Bonchev–Trinajstić information content (AvgIpc) is 3.63. The van der Waals surface area contributed by atoms with Gasteiger partial charge in [0.2, 0.25) is 0 Å². The second-order valence-electron chi connectivity index (χ2n) is 8.57. The Balaban J connectivity index is 1.39. The molecule has 0 bridgehead atoms. The zero-order chi connectivity index (χ0) is 22.8. The van der Waals surface area contributed by atoms with Crippen LogP contribution in [0.4, 0.5) is 11.4 Å². The number of amides is 2. The van der Waals surface area contributed by atoms with Crippen LogP contribution in [0, 0.1) is 0 Å². The Hall–Kier alpha value is -3.47. The summed E-state index contributed by atoms with van der Waals surface area (Å²) in [5.74, 6) is -0.196. The smallest absolute Gasteiger partial charge is 0.276 e. The Morgan fingerprint density at radius 2 is 1.97 bits per heavy atom. The Morgan fingerprint density at radius 1 is 1.15 bits per heavy atom. The van der Waals surface area contributed by atoms with Crippen molar-refractivity contribution >= 4 is 29.5 Å². The standard InChI is InChI=1S/C22H28N8O3/c1-29-12-18(20(28-29)22(32)30-6-8-33-9-7-30)27-21(31)19-17(25-15-10-23-13-24-11-15)5-4-16(26-19)14-2-3-14/h4-5,12-15,25H,2-3,6-11H2,1H3,(H,23,24)(H,27,31). The highest BCUT2D eigenvalue weighted by molar-refractivity contribution is 6.09. The van der Waals surface area contributed by atoms with E-state index in [0.29, 0.717) is 62.4 Å². The SMILES string of the molecule is Cn1cc(NC(=O)c2nc(C3CC3)ccc2NC2CN=CNC2)c(C(=O)N2CCOCC2)n1. The van der Waals surface area contributed by atoms with E-state index in [1.54, 1.807) is 24.5 Å². The van der Waals surface area contributed by atoms with Crippen LogP contribution in [0.5, 0.6) is 0 Å². The zero-order valence-corrected chi connectivity index (χ0v) is 18.6. The summed E-state index contributed by atoms with van der Waals surface area (Å²) in [4.78, 5) is 37.1. The molecule has 33 heavy (non-hydrogen) atoms. The summed E-state index contributed by atoms with van der Waals surface area (Å²) < 4.78 is 6.87. The molecule has 0 radical (unpaired) electrons. The van der Waals surface area contributed by atoms with Crippen molar-refractivity contribution in [3.63, 3.8) is 0 Å². The van der Waals surface area contributed by atoms with Crippen LogP contribution in [-0.4, -0.2) is 83.3 Å². The third-order valence-electron chi connectivity index (χ3n) is 5.94. The van der Waals surface area contributed by atoms with Crippen molar-refractivity contribution in [3.05, 3.63) is 35.4 Å². The lowest BCUT2D eigenvalue weighted by molar-refractivity contribution is 0.0299. The number of ether oxygens (including phenoxy) is 1. The molecule has 11 nitrogen and oxygen atoms in total.